The van der Waals surface area contributed by atoms with Gasteiger partial charge in [-0.2, -0.15) is 0 Å². The number of rotatable bonds is 2. The highest BCUT2D eigenvalue weighted by atomic mass is 35.5. The van der Waals surface area contributed by atoms with E-state index in [1.165, 1.54) is 0 Å². The van der Waals surface area contributed by atoms with Crippen molar-refractivity contribution in [3.05, 3.63) is 64.4 Å². The second-order valence-corrected chi connectivity index (χ2v) is 6.19. The molecular weight excluding hydrogens is 344 g/mol. The van der Waals surface area contributed by atoms with Gasteiger partial charge in [0.15, 0.2) is 10.9 Å². The van der Waals surface area contributed by atoms with Crippen LogP contribution in [-0.4, -0.2) is 11.0 Å². The molecule has 4 nitrogen and oxygen atoms in total. The van der Waals surface area contributed by atoms with E-state index in [0.29, 0.717) is 10.6 Å². The largest absolute Gasteiger partial charge is 0.451 e. The van der Waals surface area contributed by atoms with E-state index < -0.39 is 0 Å². The van der Waals surface area contributed by atoms with Crippen molar-refractivity contribution in [2.45, 2.75) is 13.8 Å². The molecule has 0 saturated carbocycles. The molecule has 0 saturated heterocycles. The number of aryl methyl sites for hydroxylation is 1. The fourth-order valence-corrected chi connectivity index (χ4v) is 2.82. The highest BCUT2D eigenvalue weighted by Gasteiger charge is 2.18. The maximum absolute atomic E-state index is 12.4. The van der Waals surface area contributed by atoms with Gasteiger partial charge < -0.3 is 9.73 Å². The number of hydrogen-bond acceptors (Lipinski definition) is 3. The number of hydrogen-bond donors (Lipinski definition) is 2. The molecule has 0 aliphatic rings. The Morgan fingerprint density at radius 1 is 1.08 bits per heavy atom. The fraction of sp³-hybridized carbons (Fsp3) is 0.111. The number of amides is 1. The predicted molar refractivity (Wildman–Crippen MR) is 101 cm³/mol. The van der Waals surface area contributed by atoms with Crippen LogP contribution in [-0.2, 0) is 0 Å². The molecule has 0 aliphatic heterocycles. The van der Waals surface area contributed by atoms with Crippen molar-refractivity contribution >= 4 is 51.5 Å². The lowest BCUT2D eigenvalue weighted by atomic mass is 10.1. The van der Waals surface area contributed by atoms with Crippen LogP contribution in [0.3, 0.4) is 0 Å². The van der Waals surface area contributed by atoms with Crippen LogP contribution in [0.5, 0.6) is 0 Å². The number of carbonyl (C=O) groups excluding carboxylic acids is 1. The first kappa shape index (κ1) is 16.5. The first-order valence-corrected chi connectivity index (χ1v) is 8.11. The van der Waals surface area contributed by atoms with Crippen LogP contribution in [0.1, 0.15) is 21.7 Å². The van der Waals surface area contributed by atoms with Crippen molar-refractivity contribution in [3.8, 4) is 0 Å². The van der Waals surface area contributed by atoms with Crippen molar-refractivity contribution in [2.75, 3.05) is 5.32 Å². The van der Waals surface area contributed by atoms with Gasteiger partial charge in [0.25, 0.3) is 5.91 Å². The average molecular weight is 359 g/mol. The molecule has 0 radical (unpaired) electrons. The van der Waals surface area contributed by atoms with Crippen LogP contribution in [0.4, 0.5) is 5.69 Å². The van der Waals surface area contributed by atoms with Gasteiger partial charge in [-0.1, -0.05) is 35.9 Å². The maximum Gasteiger partial charge on any atom is 0.293 e. The Balaban J connectivity index is 1.77. The average Bonchev–Trinajstić information content (AvgIpc) is 2.89. The second-order valence-electron chi connectivity index (χ2n) is 5.37. The van der Waals surface area contributed by atoms with Crippen molar-refractivity contribution < 1.29 is 9.21 Å². The molecule has 24 heavy (non-hydrogen) atoms. The summed E-state index contributed by atoms with van der Waals surface area (Å²) < 4.78 is 5.63. The lowest BCUT2D eigenvalue weighted by Crippen LogP contribution is -2.34. The lowest BCUT2D eigenvalue weighted by molar-refractivity contribution is 0.0952. The third kappa shape index (κ3) is 3.13. The quantitative estimate of drug-likeness (QED) is 0.644. The zero-order valence-corrected chi connectivity index (χ0v) is 14.7. The van der Waals surface area contributed by atoms with Gasteiger partial charge in [-0.25, -0.2) is 0 Å². The Kier molecular flexibility index (Phi) is 4.55. The second kappa shape index (κ2) is 6.63. The van der Waals surface area contributed by atoms with Gasteiger partial charge in [-0.3, -0.25) is 10.1 Å². The molecule has 1 aromatic heterocycles. The molecule has 6 heteroatoms. The molecule has 122 valence electrons. The molecule has 0 atom stereocenters. The zero-order chi connectivity index (χ0) is 17.3. The maximum atomic E-state index is 12.4. The Hall–Kier alpha value is -2.37. The van der Waals surface area contributed by atoms with E-state index in [4.69, 9.17) is 28.2 Å². The molecule has 0 fully saturated rings. The van der Waals surface area contributed by atoms with Crippen molar-refractivity contribution in [3.63, 3.8) is 0 Å². The van der Waals surface area contributed by atoms with E-state index in [2.05, 4.69) is 10.6 Å². The summed E-state index contributed by atoms with van der Waals surface area (Å²) in [6, 6.07) is 12.9. The first-order chi connectivity index (χ1) is 11.5. The summed E-state index contributed by atoms with van der Waals surface area (Å²) in [7, 11) is 0. The van der Waals surface area contributed by atoms with Crippen LogP contribution in [0.15, 0.2) is 46.9 Å². The summed E-state index contributed by atoms with van der Waals surface area (Å²) in [4.78, 5) is 12.4. The number of anilines is 1. The monoisotopic (exact) mass is 358 g/mol. The molecule has 0 aliphatic carbocycles. The highest BCUT2D eigenvalue weighted by Crippen LogP contribution is 2.25. The van der Waals surface area contributed by atoms with Crippen LogP contribution in [0.2, 0.25) is 5.02 Å². The van der Waals surface area contributed by atoms with Crippen molar-refractivity contribution in [1.82, 2.24) is 5.32 Å². The Morgan fingerprint density at radius 2 is 1.83 bits per heavy atom. The zero-order valence-electron chi connectivity index (χ0n) is 13.1. The highest BCUT2D eigenvalue weighted by molar-refractivity contribution is 7.80. The molecule has 3 rings (SSSR count). The molecule has 2 aromatic carbocycles. The summed E-state index contributed by atoms with van der Waals surface area (Å²) in [6.45, 7) is 3.72. The number of thiocarbonyl (C=S) groups is 1. The van der Waals surface area contributed by atoms with Gasteiger partial charge in [-0.15, -0.1) is 0 Å². The van der Waals surface area contributed by atoms with E-state index in [1.807, 2.05) is 50.2 Å². The number of fused-ring (bicyclic) bond motifs is 1. The Morgan fingerprint density at radius 3 is 2.58 bits per heavy atom. The Labute approximate surface area is 149 Å². The molecule has 1 heterocycles. The SMILES string of the molecule is Cc1c(Cl)cccc1NC(=S)NC(=O)c1oc2ccccc2c1C. The molecule has 1 amide bonds. The van der Waals surface area contributed by atoms with Crippen LogP contribution in [0.25, 0.3) is 11.0 Å². The lowest BCUT2D eigenvalue weighted by Gasteiger charge is -2.12. The van der Waals surface area contributed by atoms with Crippen molar-refractivity contribution in [1.29, 1.82) is 0 Å². The van der Waals surface area contributed by atoms with Gasteiger partial charge in [0, 0.05) is 21.7 Å². The van der Waals surface area contributed by atoms with Gasteiger partial charge in [0.2, 0.25) is 0 Å². The summed E-state index contributed by atoms with van der Waals surface area (Å²) in [5, 5.41) is 7.34. The number of carbonyl (C=O) groups is 1. The van der Waals surface area contributed by atoms with E-state index >= 15 is 0 Å². The third-order valence-electron chi connectivity index (χ3n) is 3.79. The van der Waals surface area contributed by atoms with Gasteiger partial charge in [0.05, 0.1) is 0 Å². The summed E-state index contributed by atoms with van der Waals surface area (Å²) in [5.41, 5.74) is 3.05. The number of para-hydroxylation sites is 1. The molecule has 0 unspecified atom stereocenters. The molecule has 3 aromatic rings. The van der Waals surface area contributed by atoms with Crippen LogP contribution < -0.4 is 10.6 Å². The number of furan rings is 1. The van der Waals surface area contributed by atoms with E-state index in [0.717, 1.165) is 22.2 Å². The van der Waals surface area contributed by atoms with Gasteiger partial charge in [0.1, 0.15) is 5.58 Å². The third-order valence-corrected chi connectivity index (χ3v) is 4.41. The minimum absolute atomic E-state index is 0.185. The molecule has 0 bridgehead atoms. The minimum Gasteiger partial charge on any atom is -0.451 e. The standard InChI is InChI=1S/C18H15ClN2O2S/c1-10-12-6-3-4-9-15(12)23-16(10)17(22)21-18(24)20-14-8-5-7-13(19)11(14)2/h3-9H,1-2H3,(H2,20,21,22,24). The van der Waals surface area contributed by atoms with Gasteiger partial charge in [-0.05, 0) is 49.8 Å². The predicted octanol–water partition coefficient (Wildman–Crippen LogP) is 4.83. The van der Waals surface area contributed by atoms with Crippen LogP contribution in [0, 0.1) is 13.8 Å². The normalized spacial score (nSPS) is 10.6. The smallest absolute Gasteiger partial charge is 0.293 e. The molecule has 2 N–H and O–H groups in total. The number of halogens is 1. The van der Waals surface area contributed by atoms with E-state index in [-0.39, 0.29) is 16.8 Å². The van der Waals surface area contributed by atoms with E-state index in [9.17, 15) is 4.79 Å². The molecule has 0 spiro atoms. The first-order valence-electron chi connectivity index (χ1n) is 7.33. The summed E-state index contributed by atoms with van der Waals surface area (Å²) >= 11 is 11.3. The summed E-state index contributed by atoms with van der Waals surface area (Å²) in [5.74, 6) is -0.135. The summed E-state index contributed by atoms with van der Waals surface area (Å²) in [6.07, 6.45) is 0. The van der Waals surface area contributed by atoms with Gasteiger partial charge >= 0.3 is 0 Å². The Bertz CT molecular complexity index is 949. The number of nitrogens with one attached hydrogen (secondary N) is 2. The van der Waals surface area contributed by atoms with E-state index in [1.54, 1.807) is 6.07 Å². The molecular formula is C18H15ClN2O2S. The fourth-order valence-electron chi connectivity index (χ4n) is 2.45. The van der Waals surface area contributed by atoms with Crippen LogP contribution >= 0.6 is 23.8 Å². The van der Waals surface area contributed by atoms with Crippen molar-refractivity contribution in [2.24, 2.45) is 0 Å². The number of benzene rings is 2. The minimum atomic E-state index is -0.388. The topological polar surface area (TPSA) is 54.3 Å².